The number of aromatic nitrogens is 1. The highest BCUT2D eigenvalue weighted by Crippen LogP contribution is 2.29. The number of methoxy groups -OCH3 is 1. The normalized spacial score (nSPS) is 9.79. The molecule has 0 atom stereocenters. The number of rotatable bonds is 3. The molecule has 1 N–H and O–H groups in total. The fourth-order valence-corrected chi connectivity index (χ4v) is 1.80. The molecule has 1 heterocycles. The molecular formula is C13H9BrFN3O. The molecule has 4 nitrogen and oxygen atoms in total. The third kappa shape index (κ3) is 3.01. The SMILES string of the molecule is COc1cc(C#N)ccc1Nc1ncc(Br)cc1F. The highest BCUT2D eigenvalue weighted by atomic mass is 79.9. The first kappa shape index (κ1) is 13.3. The van der Waals surface area contributed by atoms with Crippen LogP contribution in [0.5, 0.6) is 5.75 Å². The lowest BCUT2D eigenvalue weighted by molar-refractivity contribution is 0.416. The lowest BCUT2D eigenvalue weighted by atomic mass is 10.2. The van der Waals surface area contributed by atoms with Crippen molar-refractivity contribution in [1.82, 2.24) is 4.98 Å². The van der Waals surface area contributed by atoms with Gasteiger partial charge in [0.25, 0.3) is 0 Å². The number of nitrogens with zero attached hydrogens (tertiary/aromatic N) is 2. The number of halogens is 2. The summed E-state index contributed by atoms with van der Waals surface area (Å²) in [6.07, 6.45) is 1.49. The van der Waals surface area contributed by atoms with Gasteiger partial charge in [-0.25, -0.2) is 9.37 Å². The molecule has 0 amide bonds. The van der Waals surface area contributed by atoms with Gasteiger partial charge >= 0.3 is 0 Å². The van der Waals surface area contributed by atoms with E-state index >= 15 is 0 Å². The van der Waals surface area contributed by atoms with E-state index in [9.17, 15) is 4.39 Å². The molecule has 0 unspecified atom stereocenters. The number of pyridine rings is 1. The second-order valence-corrected chi connectivity index (χ2v) is 4.55. The monoisotopic (exact) mass is 321 g/mol. The van der Waals surface area contributed by atoms with E-state index in [1.807, 2.05) is 6.07 Å². The maximum Gasteiger partial charge on any atom is 0.166 e. The van der Waals surface area contributed by atoms with Gasteiger partial charge in [0.1, 0.15) is 5.75 Å². The highest BCUT2D eigenvalue weighted by molar-refractivity contribution is 9.10. The Morgan fingerprint density at radius 2 is 2.21 bits per heavy atom. The highest BCUT2D eigenvalue weighted by Gasteiger charge is 2.09. The van der Waals surface area contributed by atoms with Crippen LogP contribution in [0.2, 0.25) is 0 Å². The van der Waals surface area contributed by atoms with Crippen molar-refractivity contribution in [3.8, 4) is 11.8 Å². The third-order valence-corrected chi connectivity index (χ3v) is 2.83. The smallest absolute Gasteiger partial charge is 0.166 e. The second kappa shape index (κ2) is 5.67. The molecule has 0 spiro atoms. The summed E-state index contributed by atoms with van der Waals surface area (Å²) in [5, 5.41) is 11.6. The number of nitriles is 1. The Balaban J connectivity index is 2.35. The zero-order valence-corrected chi connectivity index (χ0v) is 11.5. The maximum atomic E-state index is 13.7. The fraction of sp³-hybridized carbons (Fsp3) is 0.0769. The van der Waals surface area contributed by atoms with Gasteiger partial charge < -0.3 is 10.1 Å². The molecule has 0 saturated heterocycles. The molecule has 1 aromatic carbocycles. The molecule has 2 rings (SSSR count). The third-order valence-electron chi connectivity index (χ3n) is 2.39. The molecule has 0 saturated carbocycles. The van der Waals surface area contributed by atoms with Crippen LogP contribution in [-0.4, -0.2) is 12.1 Å². The number of hydrogen-bond acceptors (Lipinski definition) is 4. The molecule has 2 aromatic rings. The van der Waals surface area contributed by atoms with Gasteiger partial charge in [0, 0.05) is 16.7 Å². The van der Waals surface area contributed by atoms with Crippen LogP contribution < -0.4 is 10.1 Å². The number of benzene rings is 1. The van der Waals surface area contributed by atoms with Crippen molar-refractivity contribution in [2.45, 2.75) is 0 Å². The summed E-state index contributed by atoms with van der Waals surface area (Å²) < 4.78 is 19.4. The zero-order valence-electron chi connectivity index (χ0n) is 9.95. The van der Waals surface area contributed by atoms with E-state index in [2.05, 4.69) is 26.2 Å². The minimum absolute atomic E-state index is 0.0891. The maximum absolute atomic E-state index is 13.7. The van der Waals surface area contributed by atoms with Gasteiger partial charge in [-0.2, -0.15) is 5.26 Å². The Morgan fingerprint density at radius 1 is 1.42 bits per heavy atom. The quantitative estimate of drug-likeness (QED) is 0.938. The van der Waals surface area contributed by atoms with Gasteiger partial charge in [-0.15, -0.1) is 0 Å². The molecule has 96 valence electrons. The predicted molar refractivity (Wildman–Crippen MR) is 72.9 cm³/mol. The van der Waals surface area contributed by atoms with Crippen LogP contribution in [0.25, 0.3) is 0 Å². The Morgan fingerprint density at radius 3 is 2.84 bits per heavy atom. The van der Waals surface area contributed by atoms with Crippen LogP contribution in [0.3, 0.4) is 0 Å². The summed E-state index contributed by atoms with van der Waals surface area (Å²) >= 11 is 3.14. The number of hydrogen-bond donors (Lipinski definition) is 1. The van der Waals surface area contributed by atoms with Crippen molar-refractivity contribution in [3.63, 3.8) is 0 Å². The van der Waals surface area contributed by atoms with Crippen molar-refractivity contribution < 1.29 is 9.13 Å². The molecule has 0 aliphatic rings. The lowest BCUT2D eigenvalue weighted by Crippen LogP contribution is -1.99. The van der Waals surface area contributed by atoms with Gasteiger partial charge in [-0.1, -0.05) is 0 Å². The van der Waals surface area contributed by atoms with Gasteiger partial charge in [-0.3, -0.25) is 0 Å². The Bertz CT molecular complexity index is 655. The van der Waals surface area contributed by atoms with Gasteiger partial charge in [0.15, 0.2) is 11.6 Å². The van der Waals surface area contributed by atoms with Crippen molar-refractivity contribution in [2.24, 2.45) is 0 Å². The molecule has 0 radical (unpaired) electrons. The van der Waals surface area contributed by atoms with E-state index in [-0.39, 0.29) is 5.82 Å². The van der Waals surface area contributed by atoms with E-state index in [0.29, 0.717) is 21.5 Å². The van der Waals surface area contributed by atoms with E-state index in [0.717, 1.165) is 0 Å². The van der Waals surface area contributed by atoms with Crippen molar-refractivity contribution >= 4 is 27.4 Å². The topological polar surface area (TPSA) is 57.9 Å². The second-order valence-electron chi connectivity index (χ2n) is 3.64. The molecule has 0 aliphatic heterocycles. The summed E-state index contributed by atoms with van der Waals surface area (Å²) in [5.41, 5.74) is 1.00. The van der Waals surface area contributed by atoms with Crippen LogP contribution in [0.1, 0.15) is 5.56 Å². The van der Waals surface area contributed by atoms with Crippen LogP contribution in [0.4, 0.5) is 15.9 Å². The van der Waals surface area contributed by atoms with E-state index in [4.69, 9.17) is 10.00 Å². The molecule has 0 fully saturated rings. The van der Waals surface area contributed by atoms with E-state index in [1.165, 1.54) is 19.4 Å². The van der Waals surface area contributed by atoms with Crippen LogP contribution >= 0.6 is 15.9 Å². The van der Waals surface area contributed by atoms with Gasteiger partial charge in [-0.05, 0) is 34.1 Å². The molecule has 19 heavy (non-hydrogen) atoms. The lowest BCUT2D eigenvalue weighted by Gasteiger charge is -2.11. The molecule has 0 bridgehead atoms. The first-order valence-corrected chi connectivity index (χ1v) is 6.09. The fourth-order valence-electron chi connectivity index (χ4n) is 1.50. The number of anilines is 2. The Kier molecular flexibility index (Phi) is 3.97. The summed E-state index contributed by atoms with van der Waals surface area (Å²) in [4.78, 5) is 3.94. The Labute approximate surface area is 118 Å². The number of nitrogens with one attached hydrogen (secondary N) is 1. The van der Waals surface area contributed by atoms with Gasteiger partial charge in [0.05, 0.1) is 24.4 Å². The molecule has 0 aliphatic carbocycles. The van der Waals surface area contributed by atoms with Crippen molar-refractivity contribution in [1.29, 1.82) is 5.26 Å². The predicted octanol–water partition coefficient (Wildman–Crippen LogP) is 3.61. The van der Waals surface area contributed by atoms with Gasteiger partial charge in [0.2, 0.25) is 0 Å². The first-order chi connectivity index (χ1) is 9.13. The summed E-state index contributed by atoms with van der Waals surface area (Å²) in [6.45, 7) is 0. The van der Waals surface area contributed by atoms with Crippen molar-refractivity contribution in [3.05, 3.63) is 46.3 Å². The minimum Gasteiger partial charge on any atom is -0.495 e. The summed E-state index contributed by atoms with van der Waals surface area (Å²) in [5.74, 6) is 0.0511. The number of ether oxygens (including phenoxy) is 1. The average Bonchev–Trinajstić information content (AvgIpc) is 2.42. The summed E-state index contributed by atoms with van der Waals surface area (Å²) in [6, 6.07) is 8.14. The molecule has 1 aromatic heterocycles. The van der Waals surface area contributed by atoms with Crippen LogP contribution in [-0.2, 0) is 0 Å². The van der Waals surface area contributed by atoms with Crippen LogP contribution in [0.15, 0.2) is 34.9 Å². The summed E-state index contributed by atoms with van der Waals surface area (Å²) in [7, 11) is 1.48. The standard InChI is InChI=1S/C13H9BrFN3O/c1-19-12-4-8(6-16)2-3-11(12)18-13-10(15)5-9(14)7-17-13/h2-5,7H,1H3,(H,17,18). The van der Waals surface area contributed by atoms with Crippen LogP contribution in [0, 0.1) is 17.1 Å². The average molecular weight is 322 g/mol. The molecule has 6 heteroatoms. The minimum atomic E-state index is -0.485. The Hall–Kier alpha value is -2.13. The largest absolute Gasteiger partial charge is 0.495 e. The molecular weight excluding hydrogens is 313 g/mol. The van der Waals surface area contributed by atoms with E-state index in [1.54, 1.807) is 18.2 Å². The first-order valence-electron chi connectivity index (χ1n) is 5.30. The van der Waals surface area contributed by atoms with E-state index < -0.39 is 5.82 Å². The van der Waals surface area contributed by atoms with Crippen molar-refractivity contribution in [2.75, 3.05) is 12.4 Å². The zero-order chi connectivity index (χ0) is 13.8.